The van der Waals surface area contributed by atoms with Gasteiger partial charge in [0.05, 0.1) is 5.84 Å². The highest BCUT2D eigenvalue weighted by Gasteiger charge is 2.54. The number of likely N-dealkylation sites (tertiary alicyclic amines) is 1. The van der Waals surface area contributed by atoms with E-state index in [2.05, 4.69) is 0 Å². The second-order valence-corrected chi connectivity index (χ2v) is 7.75. The number of carbonyl (C=O) groups is 1. The van der Waals surface area contributed by atoms with Crippen LogP contribution < -0.4 is 4.65 Å². The smallest absolute Gasteiger partial charge is 0.526 e. The second-order valence-electron chi connectivity index (χ2n) is 6.41. The summed E-state index contributed by atoms with van der Waals surface area (Å²) in [5.41, 5.74) is 1.08. The van der Waals surface area contributed by atoms with E-state index in [-0.39, 0.29) is 22.5 Å². The standard InChI is InChI=1S/C15H17BN2O4S/c1-7(17)18-5-8(6-18)23-12-3-2-9-10-4-11(10)16(21)22-14(9)13(12)15(19)20/h2-3,8,10-11,17,21H,4-6H2,1H3,(H,19,20). The molecule has 8 heteroatoms. The van der Waals surface area contributed by atoms with Crippen molar-refractivity contribution in [3.05, 3.63) is 23.3 Å². The molecule has 3 N–H and O–H groups in total. The van der Waals surface area contributed by atoms with Crippen LogP contribution in [0.15, 0.2) is 17.0 Å². The number of fused-ring (bicyclic) bond motifs is 3. The lowest BCUT2D eigenvalue weighted by molar-refractivity contribution is 0.0690. The molecular formula is C15H17BN2O4S. The summed E-state index contributed by atoms with van der Waals surface area (Å²) in [7, 11) is -0.898. The fourth-order valence-electron chi connectivity index (χ4n) is 3.36. The Kier molecular flexibility index (Phi) is 3.35. The van der Waals surface area contributed by atoms with Gasteiger partial charge in [0, 0.05) is 29.1 Å². The summed E-state index contributed by atoms with van der Waals surface area (Å²) in [6.45, 7) is 3.26. The molecule has 120 valence electrons. The summed E-state index contributed by atoms with van der Waals surface area (Å²) in [5, 5.41) is 27.4. The lowest BCUT2D eigenvalue weighted by Gasteiger charge is -2.40. The fraction of sp³-hybridized carbons (Fsp3) is 0.467. The van der Waals surface area contributed by atoms with Gasteiger partial charge in [-0.2, -0.15) is 0 Å². The van der Waals surface area contributed by atoms with Gasteiger partial charge in [0.2, 0.25) is 0 Å². The predicted octanol–water partition coefficient (Wildman–Crippen LogP) is 1.89. The van der Waals surface area contributed by atoms with Crippen LogP contribution in [-0.4, -0.2) is 52.3 Å². The summed E-state index contributed by atoms with van der Waals surface area (Å²) < 4.78 is 5.53. The largest absolute Gasteiger partial charge is 0.535 e. The molecule has 2 aliphatic heterocycles. The number of rotatable bonds is 3. The maximum absolute atomic E-state index is 11.8. The van der Waals surface area contributed by atoms with Gasteiger partial charge in [-0.25, -0.2) is 4.79 Å². The van der Waals surface area contributed by atoms with E-state index in [0.717, 1.165) is 25.1 Å². The van der Waals surface area contributed by atoms with Crippen molar-refractivity contribution < 1.29 is 19.6 Å². The van der Waals surface area contributed by atoms with Crippen molar-refractivity contribution in [1.29, 1.82) is 5.41 Å². The highest BCUT2D eigenvalue weighted by molar-refractivity contribution is 8.00. The van der Waals surface area contributed by atoms with Crippen LogP contribution in [0, 0.1) is 5.41 Å². The molecular weight excluding hydrogens is 315 g/mol. The van der Waals surface area contributed by atoms with Gasteiger partial charge in [0.25, 0.3) is 0 Å². The molecule has 0 radical (unpaired) electrons. The van der Waals surface area contributed by atoms with E-state index in [9.17, 15) is 14.9 Å². The molecule has 2 heterocycles. The van der Waals surface area contributed by atoms with Crippen molar-refractivity contribution >= 4 is 30.7 Å². The van der Waals surface area contributed by atoms with Crippen LogP contribution in [0.5, 0.6) is 5.75 Å². The van der Waals surface area contributed by atoms with Gasteiger partial charge >= 0.3 is 13.1 Å². The molecule has 2 fully saturated rings. The molecule has 2 unspecified atom stereocenters. The molecule has 1 aromatic rings. The summed E-state index contributed by atoms with van der Waals surface area (Å²) in [6, 6.07) is 3.81. The van der Waals surface area contributed by atoms with Gasteiger partial charge in [-0.05, 0) is 30.9 Å². The number of aromatic carboxylic acids is 1. The van der Waals surface area contributed by atoms with Gasteiger partial charge in [-0.15, -0.1) is 11.8 Å². The molecule has 4 rings (SSSR count). The van der Waals surface area contributed by atoms with E-state index in [1.54, 1.807) is 6.92 Å². The zero-order valence-corrected chi connectivity index (χ0v) is 13.5. The first-order valence-corrected chi connectivity index (χ1v) is 8.55. The molecule has 2 atom stereocenters. The molecule has 1 saturated carbocycles. The molecule has 0 bridgehead atoms. The zero-order valence-electron chi connectivity index (χ0n) is 12.7. The first kappa shape index (κ1) is 14.9. The Morgan fingerprint density at radius 2 is 2.22 bits per heavy atom. The molecule has 3 aliphatic rings. The van der Waals surface area contributed by atoms with Crippen LogP contribution in [0.3, 0.4) is 0 Å². The number of nitrogens with one attached hydrogen (secondary N) is 1. The first-order valence-electron chi connectivity index (χ1n) is 7.67. The van der Waals surface area contributed by atoms with E-state index in [0.29, 0.717) is 16.5 Å². The van der Waals surface area contributed by atoms with Crippen molar-refractivity contribution in [3.63, 3.8) is 0 Å². The topological polar surface area (TPSA) is 93.9 Å². The Balaban J connectivity index is 1.62. The maximum atomic E-state index is 11.8. The number of thioether (sulfide) groups is 1. The van der Waals surface area contributed by atoms with E-state index < -0.39 is 13.1 Å². The van der Waals surface area contributed by atoms with Crippen molar-refractivity contribution in [3.8, 4) is 5.75 Å². The Morgan fingerprint density at radius 3 is 2.87 bits per heavy atom. The average molecular weight is 332 g/mol. The minimum atomic E-state index is -1.02. The Hall–Kier alpha value is -1.67. The number of benzene rings is 1. The van der Waals surface area contributed by atoms with Crippen LogP contribution in [0.4, 0.5) is 0 Å². The van der Waals surface area contributed by atoms with Gasteiger partial charge in [-0.3, -0.25) is 5.41 Å². The third-order valence-corrected chi connectivity index (χ3v) is 6.05. The maximum Gasteiger partial charge on any atom is 0.526 e. The van der Waals surface area contributed by atoms with Crippen molar-refractivity contribution in [2.75, 3.05) is 13.1 Å². The third-order valence-electron chi connectivity index (χ3n) is 4.82. The molecule has 1 saturated heterocycles. The van der Waals surface area contributed by atoms with Crippen LogP contribution >= 0.6 is 11.8 Å². The average Bonchev–Trinajstić information content (AvgIpc) is 3.22. The highest BCUT2D eigenvalue weighted by Crippen LogP contribution is 2.60. The van der Waals surface area contributed by atoms with E-state index in [1.165, 1.54) is 11.8 Å². The number of hydrogen-bond donors (Lipinski definition) is 3. The van der Waals surface area contributed by atoms with Crippen molar-refractivity contribution in [2.24, 2.45) is 0 Å². The molecule has 1 aliphatic carbocycles. The SMILES string of the molecule is CC(=N)N1CC(Sc2ccc3c(c2C(=O)O)OB(O)C2CC32)C1. The lowest BCUT2D eigenvalue weighted by Crippen LogP contribution is -2.50. The molecule has 0 aromatic heterocycles. The van der Waals surface area contributed by atoms with E-state index in [4.69, 9.17) is 10.1 Å². The fourth-order valence-corrected chi connectivity index (χ4v) is 4.67. The summed E-state index contributed by atoms with van der Waals surface area (Å²) in [5.74, 6) is 0.198. The Bertz CT molecular complexity index is 707. The second kappa shape index (κ2) is 5.17. The molecule has 0 spiro atoms. The van der Waals surface area contributed by atoms with Crippen LogP contribution in [0.25, 0.3) is 0 Å². The normalized spacial score (nSPS) is 25.1. The van der Waals surface area contributed by atoms with Gasteiger partial charge in [0.15, 0.2) is 0 Å². The molecule has 0 amide bonds. The number of hydrogen-bond acceptors (Lipinski definition) is 5. The quantitative estimate of drug-likeness (QED) is 0.445. The zero-order chi connectivity index (χ0) is 16.3. The third kappa shape index (κ3) is 2.40. The van der Waals surface area contributed by atoms with Crippen LogP contribution in [0.1, 0.15) is 35.2 Å². The minimum absolute atomic E-state index is 0.110. The first-order chi connectivity index (χ1) is 11.0. The van der Waals surface area contributed by atoms with Crippen molar-refractivity contribution in [1.82, 2.24) is 4.90 Å². The van der Waals surface area contributed by atoms with Gasteiger partial charge < -0.3 is 19.7 Å². The van der Waals surface area contributed by atoms with E-state index in [1.807, 2.05) is 17.0 Å². The highest BCUT2D eigenvalue weighted by atomic mass is 32.2. The summed E-state index contributed by atoms with van der Waals surface area (Å²) in [4.78, 5) is 14.4. The molecule has 1 aromatic carbocycles. The monoisotopic (exact) mass is 332 g/mol. The number of amidine groups is 1. The minimum Gasteiger partial charge on any atom is -0.535 e. The van der Waals surface area contributed by atoms with E-state index >= 15 is 0 Å². The van der Waals surface area contributed by atoms with Crippen LogP contribution in [0.2, 0.25) is 5.82 Å². The molecule has 23 heavy (non-hydrogen) atoms. The Morgan fingerprint density at radius 1 is 1.48 bits per heavy atom. The van der Waals surface area contributed by atoms with Gasteiger partial charge in [0.1, 0.15) is 11.3 Å². The number of carboxylic acid groups (broad SMARTS) is 1. The number of nitrogens with zero attached hydrogens (tertiary/aromatic N) is 1. The Labute approximate surface area is 138 Å². The summed E-state index contributed by atoms with van der Waals surface area (Å²) in [6.07, 6.45) is 0.857. The van der Waals surface area contributed by atoms with Gasteiger partial charge in [-0.1, -0.05) is 6.07 Å². The predicted molar refractivity (Wildman–Crippen MR) is 87.7 cm³/mol. The van der Waals surface area contributed by atoms with Crippen molar-refractivity contribution in [2.45, 2.75) is 35.2 Å². The molecule has 6 nitrogen and oxygen atoms in total. The lowest BCUT2D eigenvalue weighted by atomic mass is 9.77. The summed E-state index contributed by atoms with van der Waals surface area (Å²) >= 11 is 1.51. The number of carboxylic acids is 1. The van der Waals surface area contributed by atoms with Crippen LogP contribution in [-0.2, 0) is 0 Å².